The topological polar surface area (TPSA) is 66.5 Å². The van der Waals surface area contributed by atoms with Gasteiger partial charge in [-0.2, -0.15) is 0 Å². The molecule has 1 fully saturated rings. The van der Waals surface area contributed by atoms with Crippen LogP contribution in [-0.4, -0.2) is 49.9 Å². The Bertz CT molecular complexity index is 862. The Kier molecular flexibility index (Phi) is 6.68. The summed E-state index contributed by atoms with van der Waals surface area (Å²) in [6.45, 7) is 3.86. The van der Waals surface area contributed by atoms with Gasteiger partial charge in [-0.1, -0.05) is 30.3 Å². The van der Waals surface area contributed by atoms with Crippen LogP contribution >= 0.6 is 11.3 Å². The molecule has 2 heterocycles. The van der Waals surface area contributed by atoms with Gasteiger partial charge in [0, 0.05) is 28.9 Å². The van der Waals surface area contributed by atoms with Crippen LogP contribution in [0.4, 0.5) is 0 Å². The van der Waals surface area contributed by atoms with Gasteiger partial charge in [-0.3, -0.25) is 9.69 Å². The first-order valence-electron chi connectivity index (χ1n) is 9.21. The Hall–Kier alpha value is -1.70. The van der Waals surface area contributed by atoms with Crippen LogP contribution in [0, 0.1) is 6.92 Å². The second-order valence-electron chi connectivity index (χ2n) is 7.13. The Morgan fingerprint density at radius 2 is 2.00 bits per heavy atom. The summed E-state index contributed by atoms with van der Waals surface area (Å²) in [5.41, 5.74) is 1.24. The number of rotatable bonds is 8. The third-order valence-corrected chi connectivity index (χ3v) is 7.45. The molecule has 1 aliphatic heterocycles. The summed E-state index contributed by atoms with van der Waals surface area (Å²) in [6.07, 6.45) is 1.39. The lowest BCUT2D eigenvalue weighted by Crippen LogP contribution is -2.42. The minimum Gasteiger partial charge on any atom is -0.351 e. The highest BCUT2D eigenvalue weighted by Crippen LogP contribution is 2.18. The van der Waals surface area contributed by atoms with Crippen LogP contribution in [0.15, 0.2) is 42.5 Å². The van der Waals surface area contributed by atoms with E-state index in [0.29, 0.717) is 6.42 Å². The molecular weight excluding hydrogens is 380 g/mol. The lowest BCUT2D eigenvalue weighted by atomic mass is 10.1. The number of benzene rings is 1. The number of nitrogens with one attached hydrogen (secondary N) is 1. The fourth-order valence-corrected chi connectivity index (χ4v) is 5.93. The lowest BCUT2D eigenvalue weighted by molar-refractivity contribution is -0.122. The number of amides is 1. The van der Waals surface area contributed by atoms with Crippen molar-refractivity contribution in [3.63, 3.8) is 0 Å². The second kappa shape index (κ2) is 8.99. The fraction of sp³-hybridized carbons (Fsp3) is 0.450. The van der Waals surface area contributed by atoms with Crippen LogP contribution in [0.5, 0.6) is 0 Å². The first-order valence-corrected chi connectivity index (χ1v) is 11.8. The quantitative estimate of drug-likeness (QED) is 0.731. The van der Waals surface area contributed by atoms with E-state index in [1.807, 2.05) is 18.2 Å². The smallest absolute Gasteiger partial charge is 0.234 e. The lowest BCUT2D eigenvalue weighted by Gasteiger charge is -2.22. The minimum atomic E-state index is -2.99. The third-order valence-electron chi connectivity index (χ3n) is 4.70. The summed E-state index contributed by atoms with van der Waals surface area (Å²) >= 11 is 1.74. The van der Waals surface area contributed by atoms with Crippen molar-refractivity contribution < 1.29 is 13.2 Å². The molecule has 0 radical (unpaired) electrons. The van der Waals surface area contributed by atoms with Crippen molar-refractivity contribution in [3.05, 3.63) is 57.8 Å². The van der Waals surface area contributed by atoms with E-state index >= 15 is 0 Å². The van der Waals surface area contributed by atoms with Crippen molar-refractivity contribution in [2.45, 2.75) is 32.4 Å². The summed E-state index contributed by atoms with van der Waals surface area (Å²) in [5.74, 6) is 0.134. The summed E-state index contributed by atoms with van der Waals surface area (Å²) in [5, 5.41) is 2.90. The van der Waals surface area contributed by atoms with Crippen LogP contribution in [0.1, 0.15) is 21.7 Å². The molecule has 1 aromatic heterocycles. The van der Waals surface area contributed by atoms with Crippen LogP contribution in [-0.2, 0) is 27.6 Å². The fourth-order valence-electron chi connectivity index (χ4n) is 3.32. The molecule has 0 saturated carbocycles. The highest BCUT2D eigenvalue weighted by Gasteiger charge is 2.29. The molecule has 1 amide bonds. The molecule has 0 aliphatic carbocycles. The van der Waals surface area contributed by atoms with Crippen molar-refractivity contribution in [2.75, 3.05) is 24.6 Å². The van der Waals surface area contributed by atoms with E-state index in [0.717, 1.165) is 19.5 Å². The predicted molar refractivity (Wildman–Crippen MR) is 110 cm³/mol. The first-order chi connectivity index (χ1) is 12.9. The zero-order valence-electron chi connectivity index (χ0n) is 15.6. The monoisotopic (exact) mass is 406 g/mol. The van der Waals surface area contributed by atoms with Crippen molar-refractivity contribution >= 4 is 27.1 Å². The first kappa shape index (κ1) is 20.0. The van der Waals surface area contributed by atoms with E-state index in [1.165, 1.54) is 15.3 Å². The molecule has 1 unspecified atom stereocenters. The van der Waals surface area contributed by atoms with Gasteiger partial charge in [0.1, 0.15) is 0 Å². The molecule has 7 heteroatoms. The number of aryl methyl sites for hydroxylation is 1. The normalized spacial score (nSPS) is 18.7. The molecular formula is C20H26N2O3S2. The van der Waals surface area contributed by atoms with Crippen molar-refractivity contribution in [1.82, 2.24) is 10.2 Å². The van der Waals surface area contributed by atoms with Crippen molar-refractivity contribution in [3.8, 4) is 0 Å². The molecule has 3 rings (SSSR count). The van der Waals surface area contributed by atoms with Gasteiger partial charge in [0.05, 0.1) is 18.1 Å². The summed E-state index contributed by atoms with van der Waals surface area (Å²) in [7, 11) is -2.99. The second-order valence-corrected chi connectivity index (χ2v) is 10.7. The van der Waals surface area contributed by atoms with Crippen LogP contribution in [0.2, 0.25) is 0 Å². The predicted octanol–water partition coefficient (Wildman–Crippen LogP) is 2.40. The molecule has 1 aliphatic rings. The van der Waals surface area contributed by atoms with E-state index in [4.69, 9.17) is 0 Å². The molecule has 2 aromatic rings. The van der Waals surface area contributed by atoms with Gasteiger partial charge in [0.25, 0.3) is 0 Å². The summed E-state index contributed by atoms with van der Waals surface area (Å²) < 4.78 is 23.2. The third kappa shape index (κ3) is 6.45. The maximum atomic E-state index is 12.5. The Morgan fingerprint density at radius 3 is 2.63 bits per heavy atom. The van der Waals surface area contributed by atoms with Crippen LogP contribution < -0.4 is 5.32 Å². The van der Waals surface area contributed by atoms with Gasteiger partial charge < -0.3 is 5.32 Å². The van der Waals surface area contributed by atoms with Crippen molar-refractivity contribution in [1.29, 1.82) is 0 Å². The largest absolute Gasteiger partial charge is 0.351 e. The molecule has 1 atom stereocenters. The van der Waals surface area contributed by atoms with Gasteiger partial charge in [-0.05, 0) is 37.5 Å². The summed E-state index contributed by atoms with van der Waals surface area (Å²) in [6, 6.07) is 14.2. The molecule has 1 aromatic carbocycles. The number of thiophene rings is 1. The van der Waals surface area contributed by atoms with Gasteiger partial charge in [-0.25, -0.2) is 8.42 Å². The maximum Gasteiger partial charge on any atom is 0.234 e. The van der Waals surface area contributed by atoms with Gasteiger partial charge in [0.15, 0.2) is 9.84 Å². The SMILES string of the molecule is Cc1ccc(CN(CCc2ccccc2)CC(=O)NC2CCS(=O)(=O)C2)s1. The van der Waals surface area contributed by atoms with E-state index in [-0.39, 0.29) is 30.0 Å². The number of hydrogen-bond acceptors (Lipinski definition) is 5. The number of hydrogen-bond donors (Lipinski definition) is 1. The average molecular weight is 407 g/mol. The zero-order valence-corrected chi connectivity index (χ0v) is 17.2. The van der Waals surface area contributed by atoms with E-state index in [1.54, 1.807) is 11.3 Å². The number of carbonyl (C=O) groups is 1. The Labute approximate surface area is 165 Å². The van der Waals surface area contributed by atoms with Crippen LogP contribution in [0.25, 0.3) is 0 Å². The van der Waals surface area contributed by atoms with Gasteiger partial charge in [0.2, 0.25) is 5.91 Å². The standard InChI is InChI=1S/C20H26N2O3S2/c1-16-7-8-19(26-16)13-22(11-9-17-5-3-2-4-6-17)14-20(23)21-18-10-12-27(24,25)15-18/h2-8,18H,9-15H2,1H3,(H,21,23). The number of carbonyl (C=O) groups excluding carboxylic acids is 1. The van der Waals surface area contributed by atoms with E-state index in [9.17, 15) is 13.2 Å². The molecule has 146 valence electrons. The van der Waals surface area contributed by atoms with E-state index in [2.05, 4.69) is 41.4 Å². The summed E-state index contributed by atoms with van der Waals surface area (Å²) in [4.78, 5) is 17.1. The molecule has 0 spiro atoms. The Morgan fingerprint density at radius 1 is 1.22 bits per heavy atom. The van der Waals surface area contributed by atoms with Crippen LogP contribution in [0.3, 0.4) is 0 Å². The highest BCUT2D eigenvalue weighted by atomic mass is 32.2. The highest BCUT2D eigenvalue weighted by molar-refractivity contribution is 7.91. The molecule has 5 nitrogen and oxygen atoms in total. The van der Waals surface area contributed by atoms with Gasteiger partial charge in [-0.15, -0.1) is 11.3 Å². The molecule has 1 saturated heterocycles. The van der Waals surface area contributed by atoms with E-state index < -0.39 is 9.84 Å². The maximum absolute atomic E-state index is 12.5. The minimum absolute atomic E-state index is 0.0624. The van der Waals surface area contributed by atoms with Gasteiger partial charge >= 0.3 is 0 Å². The molecule has 27 heavy (non-hydrogen) atoms. The Balaban J connectivity index is 1.58. The number of nitrogens with zero attached hydrogens (tertiary/aromatic N) is 1. The average Bonchev–Trinajstić information content (AvgIpc) is 3.18. The zero-order chi connectivity index (χ0) is 19.3. The molecule has 1 N–H and O–H groups in total. The van der Waals surface area contributed by atoms with Crippen molar-refractivity contribution in [2.24, 2.45) is 0 Å². The number of sulfone groups is 1. The molecule has 0 bridgehead atoms.